The average Bonchev–Trinajstić information content (AvgIpc) is 2.89. The van der Waals surface area contributed by atoms with Gasteiger partial charge in [-0.15, -0.1) is 0 Å². The van der Waals surface area contributed by atoms with Crippen molar-refractivity contribution in [2.24, 2.45) is 0 Å². The van der Waals surface area contributed by atoms with Gasteiger partial charge in [0.25, 0.3) is 0 Å². The standard InChI is InChI=1S/C16H12FNO/c1-11-6-8-12(9-7-11)16-10-15(18-19-16)13-4-2-3-5-14(13)17/h2-10H,1H3. The highest BCUT2D eigenvalue weighted by Crippen LogP contribution is 2.27. The predicted octanol–water partition coefficient (Wildman–Crippen LogP) is 4.46. The highest BCUT2D eigenvalue weighted by molar-refractivity contribution is 5.67. The lowest BCUT2D eigenvalue weighted by Crippen LogP contribution is -1.82. The van der Waals surface area contributed by atoms with E-state index in [9.17, 15) is 4.39 Å². The van der Waals surface area contributed by atoms with Crippen LogP contribution in [0.4, 0.5) is 4.39 Å². The maximum absolute atomic E-state index is 13.7. The Hall–Kier alpha value is -2.42. The lowest BCUT2D eigenvalue weighted by molar-refractivity contribution is 0.434. The van der Waals surface area contributed by atoms with E-state index in [0.29, 0.717) is 17.0 Å². The van der Waals surface area contributed by atoms with Crippen LogP contribution in [0, 0.1) is 12.7 Å². The van der Waals surface area contributed by atoms with E-state index in [0.717, 1.165) is 5.56 Å². The summed E-state index contributed by atoms with van der Waals surface area (Å²) in [7, 11) is 0. The van der Waals surface area contributed by atoms with Gasteiger partial charge < -0.3 is 4.52 Å². The summed E-state index contributed by atoms with van der Waals surface area (Å²) in [5, 5.41) is 3.93. The molecule has 0 unspecified atom stereocenters. The Kier molecular flexibility index (Phi) is 2.88. The van der Waals surface area contributed by atoms with Gasteiger partial charge >= 0.3 is 0 Å². The molecule has 0 aliphatic rings. The van der Waals surface area contributed by atoms with E-state index in [1.54, 1.807) is 24.3 Å². The SMILES string of the molecule is Cc1ccc(-c2cc(-c3ccccc3F)no2)cc1. The summed E-state index contributed by atoms with van der Waals surface area (Å²) in [6, 6.07) is 16.2. The van der Waals surface area contributed by atoms with Gasteiger partial charge in [0, 0.05) is 17.2 Å². The molecule has 0 saturated heterocycles. The summed E-state index contributed by atoms with van der Waals surface area (Å²) in [6.07, 6.45) is 0. The van der Waals surface area contributed by atoms with Crippen LogP contribution in [-0.2, 0) is 0 Å². The first kappa shape index (κ1) is 11.7. The molecule has 1 heterocycles. The van der Waals surface area contributed by atoms with Crippen LogP contribution in [0.15, 0.2) is 59.1 Å². The third kappa shape index (κ3) is 2.27. The monoisotopic (exact) mass is 253 g/mol. The van der Waals surface area contributed by atoms with Gasteiger partial charge in [-0.05, 0) is 19.1 Å². The fraction of sp³-hybridized carbons (Fsp3) is 0.0625. The van der Waals surface area contributed by atoms with E-state index in [2.05, 4.69) is 5.16 Å². The van der Waals surface area contributed by atoms with Crippen LogP contribution in [0.3, 0.4) is 0 Å². The number of hydrogen-bond donors (Lipinski definition) is 0. The molecule has 0 atom stereocenters. The Labute approximate surface area is 110 Å². The second-order valence-electron chi connectivity index (χ2n) is 4.42. The molecule has 1 aromatic heterocycles. The maximum atomic E-state index is 13.7. The van der Waals surface area contributed by atoms with Gasteiger partial charge in [-0.3, -0.25) is 0 Å². The quantitative estimate of drug-likeness (QED) is 0.674. The Morgan fingerprint density at radius 1 is 1.00 bits per heavy atom. The normalized spacial score (nSPS) is 10.6. The highest BCUT2D eigenvalue weighted by atomic mass is 19.1. The minimum absolute atomic E-state index is 0.300. The van der Waals surface area contributed by atoms with Gasteiger partial charge in [0.1, 0.15) is 11.5 Å². The van der Waals surface area contributed by atoms with Crippen molar-refractivity contribution in [2.45, 2.75) is 6.92 Å². The van der Waals surface area contributed by atoms with Gasteiger partial charge in [0.15, 0.2) is 5.76 Å². The Morgan fingerprint density at radius 3 is 2.47 bits per heavy atom. The predicted molar refractivity (Wildman–Crippen MR) is 72.1 cm³/mol. The second-order valence-corrected chi connectivity index (χ2v) is 4.42. The van der Waals surface area contributed by atoms with Crippen molar-refractivity contribution in [3.8, 4) is 22.6 Å². The van der Waals surface area contributed by atoms with Gasteiger partial charge in [-0.2, -0.15) is 0 Å². The van der Waals surface area contributed by atoms with Crippen molar-refractivity contribution in [1.82, 2.24) is 5.16 Å². The lowest BCUT2D eigenvalue weighted by atomic mass is 10.1. The third-order valence-electron chi connectivity index (χ3n) is 3.00. The first-order chi connectivity index (χ1) is 9.24. The highest BCUT2D eigenvalue weighted by Gasteiger charge is 2.11. The van der Waals surface area contributed by atoms with Crippen molar-refractivity contribution in [1.29, 1.82) is 0 Å². The topological polar surface area (TPSA) is 26.0 Å². The summed E-state index contributed by atoms with van der Waals surface area (Å²) in [6.45, 7) is 2.02. The van der Waals surface area contributed by atoms with E-state index in [1.807, 2.05) is 31.2 Å². The van der Waals surface area contributed by atoms with Crippen LogP contribution in [-0.4, -0.2) is 5.16 Å². The molecule has 3 heteroatoms. The van der Waals surface area contributed by atoms with E-state index < -0.39 is 0 Å². The second kappa shape index (κ2) is 4.69. The molecule has 0 bridgehead atoms. The molecule has 2 aromatic carbocycles. The molecule has 3 aromatic rings. The van der Waals surface area contributed by atoms with Crippen LogP contribution in [0.25, 0.3) is 22.6 Å². The molecule has 94 valence electrons. The molecular weight excluding hydrogens is 241 g/mol. The van der Waals surface area contributed by atoms with Crippen LogP contribution in [0.5, 0.6) is 0 Å². The Morgan fingerprint density at radius 2 is 1.74 bits per heavy atom. The number of aryl methyl sites for hydroxylation is 1. The van der Waals surface area contributed by atoms with E-state index >= 15 is 0 Å². The summed E-state index contributed by atoms with van der Waals surface area (Å²) < 4.78 is 18.9. The number of aromatic nitrogens is 1. The van der Waals surface area contributed by atoms with Crippen molar-refractivity contribution in [3.05, 3.63) is 66.0 Å². The molecule has 2 nitrogen and oxygen atoms in total. The van der Waals surface area contributed by atoms with Crippen LogP contribution in [0.1, 0.15) is 5.56 Å². The molecule has 0 fully saturated rings. The van der Waals surface area contributed by atoms with Gasteiger partial charge in [0.2, 0.25) is 0 Å². The van der Waals surface area contributed by atoms with Gasteiger partial charge in [-0.1, -0.05) is 47.1 Å². The van der Waals surface area contributed by atoms with Crippen molar-refractivity contribution in [3.63, 3.8) is 0 Å². The van der Waals surface area contributed by atoms with Crippen molar-refractivity contribution >= 4 is 0 Å². The van der Waals surface area contributed by atoms with Gasteiger partial charge in [-0.25, -0.2) is 4.39 Å². The smallest absolute Gasteiger partial charge is 0.167 e. The third-order valence-corrected chi connectivity index (χ3v) is 3.00. The number of hydrogen-bond acceptors (Lipinski definition) is 2. The molecule has 0 aliphatic heterocycles. The number of halogens is 1. The van der Waals surface area contributed by atoms with E-state index in [-0.39, 0.29) is 5.82 Å². The summed E-state index contributed by atoms with van der Waals surface area (Å²) in [5.74, 6) is 0.338. The molecule has 0 saturated carbocycles. The zero-order valence-corrected chi connectivity index (χ0v) is 10.4. The number of nitrogens with zero attached hydrogens (tertiary/aromatic N) is 1. The fourth-order valence-electron chi connectivity index (χ4n) is 1.92. The largest absolute Gasteiger partial charge is 0.356 e. The molecule has 0 radical (unpaired) electrons. The minimum atomic E-state index is -0.300. The Balaban J connectivity index is 2.00. The Bertz CT molecular complexity index is 701. The van der Waals surface area contributed by atoms with Crippen molar-refractivity contribution in [2.75, 3.05) is 0 Å². The zero-order valence-electron chi connectivity index (χ0n) is 10.4. The lowest BCUT2D eigenvalue weighted by Gasteiger charge is -1.96. The fourth-order valence-corrected chi connectivity index (χ4v) is 1.92. The zero-order chi connectivity index (χ0) is 13.2. The summed E-state index contributed by atoms with van der Waals surface area (Å²) in [4.78, 5) is 0. The molecule has 0 spiro atoms. The summed E-state index contributed by atoms with van der Waals surface area (Å²) in [5.41, 5.74) is 3.07. The molecule has 0 amide bonds. The molecule has 3 rings (SSSR count). The first-order valence-corrected chi connectivity index (χ1v) is 6.03. The first-order valence-electron chi connectivity index (χ1n) is 6.03. The van der Waals surface area contributed by atoms with Crippen molar-refractivity contribution < 1.29 is 8.91 Å². The molecular formula is C16H12FNO. The molecule has 0 N–H and O–H groups in total. The maximum Gasteiger partial charge on any atom is 0.167 e. The van der Waals surface area contributed by atoms with Crippen LogP contribution < -0.4 is 0 Å². The van der Waals surface area contributed by atoms with Crippen LogP contribution >= 0.6 is 0 Å². The van der Waals surface area contributed by atoms with Crippen LogP contribution in [0.2, 0.25) is 0 Å². The number of benzene rings is 2. The molecule has 19 heavy (non-hydrogen) atoms. The molecule has 0 aliphatic carbocycles. The van der Waals surface area contributed by atoms with Gasteiger partial charge in [0.05, 0.1) is 0 Å². The average molecular weight is 253 g/mol. The minimum Gasteiger partial charge on any atom is -0.356 e. The van der Waals surface area contributed by atoms with E-state index in [4.69, 9.17) is 4.52 Å². The van der Waals surface area contributed by atoms with E-state index in [1.165, 1.54) is 11.6 Å². The number of rotatable bonds is 2. The summed E-state index contributed by atoms with van der Waals surface area (Å²) >= 11 is 0.